The Morgan fingerprint density at radius 1 is 1.00 bits per heavy atom. The molecule has 0 bridgehead atoms. The number of aromatic hydroxyl groups is 2. The fourth-order valence-electron chi connectivity index (χ4n) is 2.27. The summed E-state index contributed by atoms with van der Waals surface area (Å²) >= 11 is 0. The van der Waals surface area contributed by atoms with Crippen LogP contribution in [0.1, 0.15) is 5.56 Å². The Morgan fingerprint density at radius 3 is 2.40 bits per heavy atom. The third-order valence-electron chi connectivity index (χ3n) is 3.24. The van der Waals surface area contributed by atoms with Crippen molar-refractivity contribution in [2.24, 2.45) is 0 Å². The molecule has 3 rings (SSSR count). The fraction of sp³-hybridized carbons (Fsp3) is 0.0625. The highest BCUT2D eigenvalue weighted by molar-refractivity contribution is 5.85. The second kappa shape index (κ2) is 4.42. The van der Waals surface area contributed by atoms with Gasteiger partial charge < -0.3 is 14.6 Å². The molecule has 1 aromatic heterocycles. The van der Waals surface area contributed by atoms with Gasteiger partial charge in [0.2, 0.25) is 5.43 Å². The van der Waals surface area contributed by atoms with Gasteiger partial charge in [-0.25, -0.2) is 0 Å². The van der Waals surface area contributed by atoms with Crippen LogP contribution in [0.3, 0.4) is 0 Å². The summed E-state index contributed by atoms with van der Waals surface area (Å²) in [5, 5.41) is 19.3. The lowest BCUT2D eigenvalue weighted by Gasteiger charge is -2.05. The first-order valence-corrected chi connectivity index (χ1v) is 6.11. The van der Waals surface area contributed by atoms with Crippen LogP contribution >= 0.6 is 0 Å². The van der Waals surface area contributed by atoms with E-state index in [4.69, 9.17) is 4.42 Å². The quantitative estimate of drug-likeness (QED) is 0.711. The van der Waals surface area contributed by atoms with Gasteiger partial charge in [-0.2, -0.15) is 0 Å². The molecule has 1 heterocycles. The van der Waals surface area contributed by atoms with E-state index in [1.165, 1.54) is 30.5 Å². The normalized spacial score (nSPS) is 10.8. The molecule has 0 spiro atoms. The van der Waals surface area contributed by atoms with Crippen molar-refractivity contribution in [3.63, 3.8) is 0 Å². The van der Waals surface area contributed by atoms with Gasteiger partial charge in [0.15, 0.2) is 0 Å². The molecule has 0 aliphatic heterocycles. The Kier molecular flexibility index (Phi) is 2.71. The van der Waals surface area contributed by atoms with Crippen LogP contribution in [-0.2, 0) is 0 Å². The summed E-state index contributed by atoms with van der Waals surface area (Å²) in [6.07, 6.45) is 1.37. The largest absolute Gasteiger partial charge is 0.508 e. The number of hydrogen-bond donors (Lipinski definition) is 2. The highest BCUT2D eigenvalue weighted by Crippen LogP contribution is 2.26. The van der Waals surface area contributed by atoms with Crippen molar-refractivity contribution in [1.82, 2.24) is 0 Å². The third-order valence-corrected chi connectivity index (χ3v) is 3.24. The van der Waals surface area contributed by atoms with E-state index in [2.05, 4.69) is 0 Å². The SMILES string of the molecule is Cc1cc(O)cc2occ(-c3ccc(O)cc3)c(=O)c12. The minimum atomic E-state index is -0.158. The predicted molar refractivity (Wildman–Crippen MR) is 76.0 cm³/mol. The van der Waals surface area contributed by atoms with Crippen molar-refractivity contribution in [2.45, 2.75) is 6.92 Å². The fourth-order valence-corrected chi connectivity index (χ4v) is 2.27. The van der Waals surface area contributed by atoms with Gasteiger partial charge in [-0.1, -0.05) is 12.1 Å². The van der Waals surface area contributed by atoms with Gasteiger partial charge in [0, 0.05) is 6.07 Å². The number of rotatable bonds is 1. The molecular formula is C16H12O4. The zero-order valence-electron chi connectivity index (χ0n) is 10.8. The van der Waals surface area contributed by atoms with Gasteiger partial charge in [-0.05, 0) is 36.2 Å². The number of benzene rings is 2. The number of aryl methyl sites for hydroxylation is 1. The van der Waals surface area contributed by atoms with Gasteiger partial charge in [0.25, 0.3) is 0 Å². The number of fused-ring (bicyclic) bond motifs is 1. The van der Waals surface area contributed by atoms with E-state index >= 15 is 0 Å². The molecule has 0 saturated heterocycles. The van der Waals surface area contributed by atoms with Crippen LogP contribution in [0, 0.1) is 6.92 Å². The number of phenols is 2. The van der Waals surface area contributed by atoms with Crippen molar-refractivity contribution < 1.29 is 14.6 Å². The van der Waals surface area contributed by atoms with E-state index in [0.29, 0.717) is 27.7 Å². The van der Waals surface area contributed by atoms with Crippen molar-refractivity contribution in [3.05, 3.63) is 58.4 Å². The summed E-state index contributed by atoms with van der Waals surface area (Å²) in [7, 11) is 0. The Labute approximate surface area is 114 Å². The topological polar surface area (TPSA) is 70.7 Å². The summed E-state index contributed by atoms with van der Waals surface area (Å²) in [6.45, 7) is 1.75. The molecule has 0 aliphatic carbocycles. The molecule has 2 aromatic carbocycles. The molecule has 0 atom stereocenters. The molecule has 20 heavy (non-hydrogen) atoms. The molecule has 0 saturated carbocycles. The minimum Gasteiger partial charge on any atom is -0.508 e. The second-order valence-electron chi connectivity index (χ2n) is 4.66. The molecule has 3 aromatic rings. The van der Waals surface area contributed by atoms with E-state index in [1.807, 2.05) is 0 Å². The molecule has 0 unspecified atom stereocenters. The smallest absolute Gasteiger partial charge is 0.200 e. The molecule has 4 heteroatoms. The van der Waals surface area contributed by atoms with Crippen LogP contribution in [0.25, 0.3) is 22.1 Å². The molecule has 0 fully saturated rings. The van der Waals surface area contributed by atoms with E-state index < -0.39 is 0 Å². The first-order chi connectivity index (χ1) is 9.56. The van der Waals surface area contributed by atoms with Gasteiger partial charge in [-0.3, -0.25) is 4.79 Å². The number of hydrogen-bond acceptors (Lipinski definition) is 4. The van der Waals surface area contributed by atoms with Crippen LogP contribution in [0.15, 0.2) is 51.9 Å². The van der Waals surface area contributed by atoms with Gasteiger partial charge in [-0.15, -0.1) is 0 Å². The highest BCUT2D eigenvalue weighted by atomic mass is 16.3. The zero-order valence-corrected chi connectivity index (χ0v) is 10.8. The first-order valence-electron chi connectivity index (χ1n) is 6.11. The molecule has 4 nitrogen and oxygen atoms in total. The predicted octanol–water partition coefficient (Wildman–Crippen LogP) is 3.18. The summed E-state index contributed by atoms with van der Waals surface area (Å²) in [5.74, 6) is 0.204. The lowest BCUT2D eigenvalue weighted by atomic mass is 10.0. The maximum absolute atomic E-state index is 12.5. The lowest BCUT2D eigenvalue weighted by molar-refractivity contribution is 0.473. The average Bonchev–Trinajstić information content (AvgIpc) is 2.39. The lowest BCUT2D eigenvalue weighted by Crippen LogP contribution is -2.06. The van der Waals surface area contributed by atoms with E-state index in [9.17, 15) is 15.0 Å². The Hall–Kier alpha value is -2.75. The molecule has 0 aliphatic rings. The Balaban J connectivity index is 2.31. The maximum atomic E-state index is 12.5. The van der Waals surface area contributed by atoms with Crippen LogP contribution in [-0.4, -0.2) is 10.2 Å². The van der Waals surface area contributed by atoms with Crippen LogP contribution in [0.2, 0.25) is 0 Å². The van der Waals surface area contributed by atoms with Crippen LogP contribution in [0.4, 0.5) is 0 Å². The van der Waals surface area contributed by atoms with Crippen molar-refractivity contribution in [1.29, 1.82) is 0 Å². The molecule has 2 N–H and O–H groups in total. The monoisotopic (exact) mass is 268 g/mol. The van der Waals surface area contributed by atoms with Gasteiger partial charge in [0.1, 0.15) is 23.3 Å². The van der Waals surface area contributed by atoms with Crippen LogP contribution < -0.4 is 5.43 Å². The number of phenolic OH excluding ortho intramolecular Hbond substituents is 2. The van der Waals surface area contributed by atoms with Crippen LogP contribution in [0.5, 0.6) is 11.5 Å². The molecule has 100 valence electrons. The summed E-state index contributed by atoms with van der Waals surface area (Å²) in [4.78, 5) is 12.5. The van der Waals surface area contributed by atoms with Crippen molar-refractivity contribution in [3.8, 4) is 22.6 Å². The Morgan fingerprint density at radius 2 is 1.70 bits per heavy atom. The van der Waals surface area contributed by atoms with Gasteiger partial charge in [0.05, 0.1) is 10.9 Å². The van der Waals surface area contributed by atoms with Gasteiger partial charge >= 0.3 is 0 Å². The zero-order chi connectivity index (χ0) is 14.3. The highest BCUT2D eigenvalue weighted by Gasteiger charge is 2.12. The Bertz CT molecular complexity index is 845. The summed E-state index contributed by atoms with van der Waals surface area (Å²) in [6, 6.07) is 9.29. The molecular weight excluding hydrogens is 256 g/mol. The van der Waals surface area contributed by atoms with Crippen molar-refractivity contribution >= 4 is 11.0 Å². The first kappa shape index (κ1) is 12.3. The van der Waals surface area contributed by atoms with Crippen molar-refractivity contribution in [2.75, 3.05) is 0 Å². The average molecular weight is 268 g/mol. The van der Waals surface area contributed by atoms with E-state index in [1.54, 1.807) is 19.1 Å². The minimum absolute atomic E-state index is 0.0653. The maximum Gasteiger partial charge on any atom is 0.200 e. The summed E-state index contributed by atoms with van der Waals surface area (Å²) < 4.78 is 5.45. The molecule has 0 amide bonds. The second-order valence-corrected chi connectivity index (χ2v) is 4.66. The molecule has 0 radical (unpaired) electrons. The summed E-state index contributed by atoms with van der Waals surface area (Å²) in [5.41, 5.74) is 1.95. The standard InChI is InChI=1S/C16H12O4/c1-9-6-12(18)7-14-15(9)16(19)13(8-20-14)10-2-4-11(17)5-3-10/h2-8,17-18H,1H3. The third kappa shape index (κ3) is 1.91. The van der Waals surface area contributed by atoms with E-state index in [0.717, 1.165) is 0 Å². The van der Waals surface area contributed by atoms with E-state index in [-0.39, 0.29) is 16.9 Å².